The molecule has 4 rings (SSSR count). The van der Waals surface area contributed by atoms with Gasteiger partial charge in [0.15, 0.2) is 0 Å². The van der Waals surface area contributed by atoms with Crippen LogP contribution in [-0.2, 0) is 32.6 Å². The average molecular weight is 373 g/mol. The third-order valence-corrected chi connectivity index (χ3v) is 6.30. The Balaban J connectivity index is 1.68. The number of rotatable bonds is 3. The molecule has 1 atom stereocenters. The lowest BCUT2D eigenvalue weighted by atomic mass is 9.80. The number of hydrogen-bond donors (Lipinski definition) is 1. The van der Waals surface area contributed by atoms with E-state index in [1.54, 1.807) is 7.11 Å². The van der Waals surface area contributed by atoms with Gasteiger partial charge in [0, 0.05) is 26.7 Å². The van der Waals surface area contributed by atoms with Crippen molar-refractivity contribution in [1.82, 2.24) is 10.2 Å². The summed E-state index contributed by atoms with van der Waals surface area (Å²) in [7, 11) is 1.66. The van der Waals surface area contributed by atoms with Crippen LogP contribution in [0.1, 0.15) is 61.9 Å². The number of methoxy groups -OCH3 is 1. The fourth-order valence-electron chi connectivity index (χ4n) is 4.32. The molecule has 5 nitrogen and oxygen atoms in total. The molecule has 1 saturated heterocycles. The number of amides is 1. The SMILES string of the molecule is COC1(C(=O)N2CCc3c(cc(C(C)(C)C)cc3[C@@H]3COCCN3)C2)CC1. The fraction of sp³-hybridized carbons (Fsp3) is 0.682. The number of fused-ring (bicyclic) bond motifs is 1. The summed E-state index contributed by atoms with van der Waals surface area (Å²) in [5.41, 5.74) is 4.90. The fourth-order valence-corrected chi connectivity index (χ4v) is 4.32. The van der Waals surface area contributed by atoms with Crippen molar-refractivity contribution in [3.8, 4) is 0 Å². The van der Waals surface area contributed by atoms with Crippen molar-refractivity contribution >= 4 is 5.91 Å². The number of carbonyl (C=O) groups is 1. The molecule has 27 heavy (non-hydrogen) atoms. The van der Waals surface area contributed by atoms with E-state index in [0.29, 0.717) is 6.54 Å². The Hall–Kier alpha value is -1.43. The van der Waals surface area contributed by atoms with Crippen LogP contribution in [0.2, 0.25) is 0 Å². The largest absolute Gasteiger partial charge is 0.378 e. The number of hydrogen-bond acceptors (Lipinski definition) is 4. The molecular weight excluding hydrogens is 340 g/mol. The van der Waals surface area contributed by atoms with Crippen molar-refractivity contribution in [2.45, 2.75) is 63.6 Å². The molecule has 2 heterocycles. The van der Waals surface area contributed by atoms with Crippen molar-refractivity contribution in [3.63, 3.8) is 0 Å². The van der Waals surface area contributed by atoms with Crippen molar-refractivity contribution in [3.05, 3.63) is 34.4 Å². The summed E-state index contributed by atoms with van der Waals surface area (Å²) < 4.78 is 11.3. The average Bonchev–Trinajstić information content (AvgIpc) is 3.47. The molecule has 1 aromatic rings. The molecule has 0 radical (unpaired) electrons. The highest BCUT2D eigenvalue weighted by Gasteiger charge is 2.52. The first-order valence-corrected chi connectivity index (χ1v) is 10.2. The zero-order valence-electron chi connectivity index (χ0n) is 17.1. The van der Waals surface area contributed by atoms with Gasteiger partial charge in [0.05, 0.1) is 19.3 Å². The van der Waals surface area contributed by atoms with Crippen LogP contribution in [0.25, 0.3) is 0 Å². The number of carbonyl (C=O) groups excluding carboxylic acids is 1. The zero-order chi connectivity index (χ0) is 19.2. The topological polar surface area (TPSA) is 50.8 Å². The maximum atomic E-state index is 13.0. The second kappa shape index (κ2) is 6.87. The molecule has 1 amide bonds. The van der Waals surface area contributed by atoms with E-state index in [9.17, 15) is 4.79 Å². The molecular formula is C22H32N2O3. The van der Waals surface area contributed by atoms with E-state index in [2.05, 4.69) is 38.2 Å². The summed E-state index contributed by atoms with van der Waals surface area (Å²) in [5, 5.41) is 3.62. The molecule has 1 aromatic carbocycles. The van der Waals surface area contributed by atoms with Crippen LogP contribution in [0.15, 0.2) is 12.1 Å². The summed E-state index contributed by atoms with van der Waals surface area (Å²) in [6.07, 6.45) is 2.60. The molecule has 1 aliphatic carbocycles. The first kappa shape index (κ1) is 18.9. The van der Waals surface area contributed by atoms with Crippen LogP contribution in [0.3, 0.4) is 0 Å². The minimum atomic E-state index is -0.541. The number of ether oxygens (including phenoxy) is 2. The van der Waals surface area contributed by atoms with Crippen LogP contribution in [-0.4, -0.2) is 49.8 Å². The Morgan fingerprint density at radius 2 is 2.11 bits per heavy atom. The predicted molar refractivity (Wildman–Crippen MR) is 105 cm³/mol. The number of nitrogens with zero attached hydrogens (tertiary/aromatic N) is 1. The summed E-state index contributed by atoms with van der Waals surface area (Å²) in [4.78, 5) is 15.0. The van der Waals surface area contributed by atoms with E-state index < -0.39 is 5.60 Å². The summed E-state index contributed by atoms with van der Waals surface area (Å²) in [5.74, 6) is 0.164. The van der Waals surface area contributed by atoms with Gasteiger partial charge >= 0.3 is 0 Å². The maximum Gasteiger partial charge on any atom is 0.255 e. The van der Waals surface area contributed by atoms with Gasteiger partial charge in [-0.2, -0.15) is 0 Å². The van der Waals surface area contributed by atoms with Crippen LogP contribution in [0, 0.1) is 0 Å². The normalized spacial score (nSPS) is 24.4. The Morgan fingerprint density at radius 3 is 2.70 bits per heavy atom. The van der Waals surface area contributed by atoms with Gasteiger partial charge in [0.25, 0.3) is 5.91 Å². The maximum absolute atomic E-state index is 13.0. The van der Waals surface area contributed by atoms with Gasteiger partial charge in [-0.3, -0.25) is 4.79 Å². The van der Waals surface area contributed by atoms with Crippen LogP contribution in [0.4, 0.5) is 0 Å². The van der Waals surface area contributed by atoms with Gasteiger partial charge in [-0.25, -0.2) is 0 Å². The second-order valence-electron chi connectivity index (χ2n) is 9.21. The molecule has 148 valence electrons. The van der Waals surface area contributed by atoms with E-state index in [1.807, 2.05) is 4.90 Å². The third kappa shape index (κ3) is 3.53. The van der Waals surface area contributed by atoms with Crippen LogP contribution >= 0.6 is 0 Å². The Kier molecular flexibility index (Phi) is 4.81. The lowest BCUT2D eigenvalue weighted by Gasteiger charge is -2.36. The summed E-state index contributed by atoms with van der Waals surface area (Å²) in [6.45, 7) is 10.6. The standard InChI is InChI=1S/C22H32N2O3/c1-21(2,3)16-11-15-13-24(20(25)22(26-4)6-7-22)9-5-17(15)18(12-16)19-14-27-10-8-23-19/h11-12,19,23H,5-10,13-14H2,1-4H3/t19-/m0/s1. The number of morpholine rings is 1. The Bertz CT molecular complexity index is 728. The highest BCUT2D eigenvalue weighted by atomic mass is 16.5. The highest BCUT2D eigenvalue weighted by molar-refractivity contribution is 5.88. The van der Waals surface area contributed by atoms with E-state index in [0.717, 1.165) is 45.6 Å². The molecule has 1 N–H and O–H groups in total. The van der Waals surface area contributed by atoms with Crippen molar-refractivity contribution in [2.24, 2.45) is 0 Å². The summed E-state index contributed by atoms with van der Waals surface area (Å²) >= 11 is 0. The molecule has 0 unspecified atom stereocenters. The molecule has 0 spiro atoms. The quantitative estimate of drug-likeness (QED) is 0.886. The van der Waals surface area contributed by atoms with E-state index in [4.69, 9.17) is 9.47 Å². The first-order chi connectivity index (χ1) is 12.8. The first-order valence-electron chi connectivity index (χ1n) is 10.2. The van der Waals surface area contributed by atoms with Crippen molar-refractivity contribution < 1.29 is 14.3 Å². The minimum Gasteiger partial charge on any atom is -0.378 e. The molecule has 0 bridgehead atoms. The smallest absolute Gasteiger partial charge is 0.255 e. The van der Waals surface area contributed by atoms with Gasteiger partial charge < -0.3 is 19.7 Å². The number of nitrogens with one attached hydrogen (secondary N) is 1. The molecule has 2 fully saturated rings. The van der Waals surface area contributed by atoms with Crippen molar-refractivity contribution in [1.29, 1.82) is 0 Å². The third-order valence-electron chi connectivity index (χ3n) is 6.30. The van der Waals surface area contributed by atoms with Gasteiger partial charge in [-0.15, -0.1) is 0 Å². The predicted octanol–water partition coefficient (Wildman–Crippen LogP) is 2.71. The molecule has 1 saturated carbocycles. The molecule has 3 aliphatic rings. The molecule has 2 aliphatic heterocycles. The Labute approximate surface area is 162 Å². The van der Waals surface area contributed by atoms with Gasteiger partial charge in [-0.1, -0.05) is 32.9 Å². The molecule has 5 heteroatoms. The Morgan fingerprint density at radius 1 is 1.33 bits per heavy atom. The van der Waals surface area contributed by atoms with Crippen LogP contribution < -0.4 is 5.32 Å². The van der Waals surface area contributed by atoms with Gasteiger partial charge in [0.2, 0.25) is 0 Å². The van der Waals surface area contributed by atoms with Crippen LogP contribution in [0.5, 0.6) is 0 Å². The van der Waals surface area contributed by atoms with Crippen molar-refractivity contribution in [2.75, 3.05) is 33.4 Å². The minimum absolute atomic E-state index is 0.0653. The second-order valence-corrected chi connectivity index (χ2v) is 9.21. The van der Waals surface area contributed by atoms with E-state index in [-0.39, 0.29) is 17.4 Å². The lowest BCUT2D eigenvalue weighted by molar-refractivity contribution is -0.145. The van der Waals surface area contributed by atoms with Gasteiger partial charge in [0.1, 0.15) is 5.60 Å². The molecule has 0 aromatic heterocycles. The zero-order valence-corrected chi connectivity index (χ0v) is 17.1. The van der Waals surface area contributed by atoms with E-state index in [1.165, 1.54) is 22.3 Å². The summed E-state index contributed by atoms with van der Waals surface area (Å²) in [6, 6.07) is 4.92. The van der Waals surface area contributed by atoms with Gasteiger partial charge in [-0.05, 0) is 46.9 Å². The lowest BCUT2D eigenvalue weighted by Crippen LogP contribution is -2.45. The van der Waals surface area contributed by atoms with E-state index >= 15 is 0 Å². The number of benzene rings is 1. The highest BCUT2D eigenvalue weighted by Crippen LogP contribution is 2.42. The monoisotopic (exact) mass is 372 g/mol.